The number of hydrogen-bond acceptors (Lipinski definition) is 4. The number of aromatic nitrogens is 3. The Kier molecular flexibility index (Phi) is 3.55. The topological polar surface area (TPSA) is 45.5 Å². The highest BCUT2D eigenvalue weighted by atomic mass is 79.9. The number of hydrogen-bond donors (Lipinski definition) is 1. The Hall–Kier alpha value is -2.08. The van der Waals surface area contributed by atoms with Gasteiger partial charge < -0.3 is 10.2 Å². The molecule has 3 rings (SSSR count). The van der Waals surface area contributed by atoms with Gasteiger partial charge in [-0.1, -0.05) is 12.1 Å². The first-order valence-electron chi connectivity index (χ1n) is 6.59. The summed E-state index contributed by atoms with van der Waals surface area (Å²) in [6.07, 6.45) is 3.80. The van der Waals surface area contributed by atoms with E-state index < -0.39 is 0 Å². The van der Waals surface area contributed by atoms with E-state index in [1.807, 2.05) is 37.9 Å². The van der Waals surface area contributed by atoms with E-state index >= 15 is 0 Å². The lowest BCUT2D eigenvalue weighted by Crippen LogP contribution is -2.07. The fourth-order valence-corrected chi connectivity index (χ4v) is 2.65. The van der Waals surface area contributed by atoms with Crippen LogP contribution in [-0.2, 0) is 0 Å². The van der Waals surface area contributed by atoms with Gasteiger partial charge in [-0.2, -0.15) is 0 Å². The minimum atomic E-state index is 0.750. The van der Waals surface area contributed by atoms with Crippen LogP contribution in [0, 0.1) is 0 Å². The smallest absolute Gasteiger partial charge is 0.180 e. The molecule has 0 saturated carbocycles. The molecule has 0 spiro atoms. The second-order valence-electron chi connectivity index (χ2n) is 4.94. The van der Waals surface area contributed by atoms with Crippen LogP contribution in [-0.4, -0.2) is 35.5 Å². The number of anilines is 2. The van der Waals surface area contributed by atoms with Gasteiger partial charge in [-0.25, -0.2) is 9.97 Å². The van der Waals surface area contributed by atoms with E-state index in [0.717, 1.165) is 27.3 Å². The van der Waals surface area contributed by atoms with Crippen LogP contribution in [0.25, 0.3) is 16.9 Å². The van der Waals surface area contributed by atoms with Crippen molar-refractivity contribution in [3.8, 4) is 11.3 Å². The zero-order chi connectivity index (χ0) is 15.0. The van der Waals surface area contributed by atoms with Crippen molar-refractivity contribution in [1.29, 1.82) is 0 Å². The maximum atomic E-state index is 4.47. The molecule has 0 atom stereocenters. The molecule has 0 fully saturated rings. The Bertz CT molecular complexity index is 777. The molecule has 0 radical (unpaired) electrons. The third kappa shape index (κ3) is 2.47. The van der Waals surface area contributed by atoms with Gasteiger partial charge in [0.05, 0.1) is 11.9 Å². The van der Waals surface area contributed by atoms with Crippen LogP contribution in [0.5, 0.6) is 0 Å². The zero-order valence-electron chi connectivity index (χ0n) is 12.1. The molecule has 1 N–H and O–H groups in total. The molecule has 0 bridgehead atoms. The summed E-state index contributed by atoms with van der Waals surface area (Å²) in [7, 11) is 5.91. The van der Waals surface area contributed by atoms with Gasteiger partial charge >= 0.3 is 0 Å². The van der Waals surface area contributed by atoms with Crippen LogP contribution < -0.4 is 10.2 Å². The predicted molar refractivity (Wildman–Crippen MR) is 90.0 cm³/mol. The van der Waals surface area contributed by atoms with Gasteiger partial charge in [0.25, 0.3) is 0 Å². The molecular formula is C15H16BrN5. The van der Waals surface area contributed by atoms with E-state index in [1.54, 1.807) is 0 Å². The summed E-state index contributed by atoms with van der Waals surface area (Å²) in [5, 5.41) is 3.07. The van der Waals surface area contributed by atoms with E-state index in [0.29, 0.717) is 0 Å². The first-order chi connectivity index (χ1) is 10.1. The largest absolute Gasteiger partial charge is 0.378 e. The Labute approximate surface area is 131 Å². The fourth-order valence-electron chi connectivity index (χ4n) is 2.27. The predicted octanol–water partition coefficient (Wildman–Crippen LogP) is 3.27. The van der Waals surface area contributed by atoms with E-state index in [-0.39, 0.29) is 0 Å². The van der Waals surface area contributed by atoms with Crippen LogP contribution >= 0.6 is 15.9 Å². The normalized spacial score (nSPS) is 10.9. The van der Waals surface area contributed by atoms with Gasteiger partial charge in [0, 0.05) is 38.6 Å². The van der Waals surface area contributed by atoms with E-state index in [4.69, 9.17) is 0 Å². The molecule has 2 heterocycles. The van der Waals surface area contributed by atoms with Gasteiger partial charge in [0.1, 0.15) is 4.60 Å². The number of halogens is 1. The Balaban J connectivity index is 2.14. The number of rotatable bonds is 3. The second kappa shape index (κ2) is 5.37. The molecular weight excluding hydrogens is 330 g/mol. The lowest BCUT2D eigenvalue weighted by Gasteiger charge is -2.12. The standard InChI is InChI=1S/C15H16BrN5/c1-17-14-15-18-8-12(21(15)9-13(16)19-14)10-4-6-11(7-5-10)20(2)3/h4-9H,1-3H3,(H,17,19). The maximum absolute atomic E-state index is 4.47. The van der Waals surface area contributed by atoms with E-state index in [2.05, 4.69) is 60.4 Å². The molecule has 6 heteroatoms. The van der Waals surface area contributed by atoms with E-state index in [1.165, 1.54) is 5.69 Å². The molecule has 21 heavy (non-hydrogen) atoms. The Morgan fingerprint density at radius 2 is 1.90 bits per heavy atom. The lowest BCUT2D eigenvalue weighted by atomic mass is 10.1. The number of nitrogens with zero attached hydrogens (tertiary/aromatic N) is 4. The summed E-state index contributed by atoms with van der Waals surface area (Å²) in [6, 6.07) is 8.41. The molecule has 108 valence electrons. The highest BCUT2D eigenvalue weighted by Gasteiger charge is 2.11. The summed E-state index contributed by atoms with van der Waals surface area (Å²) < 4.78 is 2.80. The van der Waals surface area contributed by atoms with Crippen molar-refractivity contribution >= 4 is 33.1 Å². The maximum Gasteiger partial charge on any atom is 0.180 e. The molecule has 0 unspecified atom stereocenters. The first-order valence-corrected chi connectivity index (χ1v) is 7.38. The van der Waals surface area contributed by atoms with Gasteiger partial charge in [-0.3, -0.25) is 4.40 Å². The molecule has 2 aromatic heterocycles. The van der Waals surface area contributed by atoms with Crippen LogP contribution in [0.15, 0.2) is 41.3 Å². The summed E-state index contributed by atoms with van der Waals surface area (Å²) in [5.41, 5.74) is 4.14. The summed E-state index contributed by atoms with van der Waals surface area (Å²) in [6.45, 7) is 0. The summed E-state index contributed by atoms with van der Waals surface area (Å²) in [4.78, 5) is 10.9. The number of benzene rings is 1. The molecule has 0 aliphatic rings. The molecule has 0 saturated heterocycles. The van der Waals surface area contributed by atoms with Crippen molar-refractivity contribution in [2.75, 3.05) is 31.4 Å². The molecule has 0 aliphatic heterocycles. The summed E-state index contributed by atoms with van der Waals surface area (Å²) in [5.74, 6) is 0.750. The highest BCUT2D eigenvalue weighted by Crippen LogP contribution is 2.26. The van der Waals surface area contributed by atoms with Crippen molar-refractivity contribution in [1.82, 2.24) is 14.4 Å². The molecule has 0 aliphatic carbocycles. The van der Waals surface area contributed by atoms with Crippen LogP contribution in [0.2, 0.25) is 0 Å². The summed E-state index contributed by atoms with van der Waals surface area (Å²) >= 11 is 3.44. The van der Waals surface area contributed by atoms with Crippen molar-refractivity contribution in [2.24, 2.45) is 0 Å². The second-order valence-corrected chi connectivity index (χ2v) is 5.75. The average Bonchev–Trinajstić information content (AvgIpc) is 2.90. The minimum absolute atomic E-state index is 0.750. The highest BCUT2D eigenvalue weighted by molar-refractivity contribution is 9.10. The van der Waals surface area contributed by atoms with Gasteiger partial charge in [0.15, 0.2) is 11.5 Å². The van der Waals surface area contributed by atoms with Crippen LogP contribution in [0.3, 0.4) is 0 Å². The molecule has 5 nitrogen and oxygen atoms in total. The van der Waals surface area contributed by atoms with E-state index in [9.17, 15) is 0 Å². The first kappa shape index (κ1) is 13.9. The molecule has 1 aromatic carbocycles. The van der Waals surface area contributed by atoms with Crippen molar-refractivity contribution < 1.29 is 0 Å². The monoisotopic (exact) mass is 345 g/mol. The third-order valence-corrected chi connectivity index (χ3v) is 3.76. The SMILES string of the molecule is CNc1nc(Br)cn2c(-c3ccc(N(C)C)cc3)cnc12. The van der Waals surface area contributed by atoms with Gasteiger partial charge in [-0.15, -0.1) is 0 Å². The quantitative estimate of drug-likeness (QED) is 0.791. The molecule has 3 aromatic rings. The van der Waals surface area contributed by atoms with Crippen molar-refractivity contribution in [3.63, 3.8) is 0 Å². The Morgan fingerprint density at radius 3 is 2.52 bits per heavy atom. The lowest BCUT2D eigenvalue weighted by molar-refractivity contribution is 1.10. The average molecular weight is 346 g/mol. The zero-order valence-corrected chi connectivity index (χ0v) is 13.7. The van der Waals surface area contributed by atoms with Crippen molar-refractivity contribution in [3.05, 3.63) is 41.3 Å². The minimum Gasteiger partial charge on any atom is -0.378 e. The molecule has 0 amide bonds. The van der Waals surface area contributed by atoms with Crippen molar-refractivity contribution in [2.45, 2.75) is 0 Å². The third-order valence-electron chi connectivity index (χ3n) is 3.38. The number of nitrogens with one attached hydrogen (secondary N) is 1. The Morgan fingerprint density at radius 1 is 1.19 bits per heavy atom. The number of imidazole rings is 1. The van der Waals surface area contributed by atoms with Crippen LogP contribution in [0.4, 0.5) is 11.5 Å². The number of fused-ring (bicyclic) bond motifs is 1. The fraction of sp³-hybridized carbons (Fsp3) is 0.200. The van der Waals surface area contributed by atoms with Crippen LogP contribution in [0.1, 0.15) is 0 Å². The van der Waals surface area contributed by atoms with Gasteiger partial charge in [-0.05, 0) is 28.1 Å². The van der Waals surface area contributed by atoms with Gasteiger partial charge in [0.2, 0.25) is 0 Å².